The third-order valence-corrected chi connectivity index (χ3v) is 4.02. The van der Waals surface area contributed by atoms with Crippen LogP contribution in [0.1, 0.15) is 41.0 Å². The van der Waals surface area contributed by atoms with Gasteiger partial charge in [0.05, 0.1) is 5.56 Å². The fourth-order valence-corrected chi connectivity index (χ4v) is 2.89. The van der Waals surface area contributed by atoms with Gasteiger partial charge in [-0.15, -0.1) is 10.2 Å². The minimum absolute atomic E-state index is 0.271. The Balaban J connectivity index is 1.77. The highest BCUT2D eigenvalue weighted by molar-refractivity contribution is 5.95. The lowest BCUT2D eigenvalue weighted by Crippen LogP contribution is -2.41. The van der Waals surface area contributed by atoms with Gasteiger partial charge in [-0.3, -0.25) is 9.48 Å². The summed E-state index contributed by atoms with van der Waals surface area (Å²) in [7, 11) is 1.35. The minimum atomic E-state index is -4.67. The van der Waals surface area contributed by atoms with Crippen molar-refractivity contribution < 1.29 is 18.0 Å². The molecule has 0 unspecified atom stereocenters. The largest absolute Gasteiger partial charge is 0.435 e. The first-order valence-electron chi connectivity index (χ1n) is 7.62. The number of fused-ring (bicyclic) bond motifs is 1. The monoisotopic (exact) mass is 342 g/mol. The van der Waals surface area contributed by atoms with Crippen molar-refractivity contribution in [1.29, 1.82) is 0 Å². The summed E-state index contributed by atoms with van der Waals surface area (Å²) in [5.41, 5.74) is -1.63. The van der Waals surface area contributed by atoms with Crippen LogP contribution in [0.25, 0.3) is 0 Å². The molecule has 0 saturated carbocycles. The average Bonchev–Trinajstić information content (AvgIpc) is 3.09. The zero-order valence-electron chi connectivity index (χ0n) is 13.3. The van der Waals surface area contributed by atoms with Crippen LogP contribution in [0.5, 0.6) is 0 Å². The van der Waals surface area contributed by atoms with Crippen LogP contribution in [0.15, 0.2) is 6.20 Å². The smallest absolute Gasteiger partial charge is 0.347 e. The maximum Gasteiger partial charge on any atom is 0.435 e. The summed E-state index contributed by atoms with van der Waals surface area (Å²) in [4.78, 5) is 12.3. The maximum atomic E-state index is 13.0. The zero-order valence-corrected chi connectivity index (χ0v) is 13.3. The van der Waals surface area contributed by atoms with E-state index in [-0.39, 0.29) is 6.04 Å². The molecule has 10 heteroatoms. The van der Waals surface area contributed by atoms with Crippen molar-refractivity contribution in [3.8, 4) is 0 Å². The molecule has 1 aliphatic heterocycles. The molecule has 0 aromatic carbocycles. The van der Waals surface area contributed by atoms with Crippen molar-refractivity contribution >= 4 is 5.91 Å². The Morgan fingerprint density at radius 3 is 2.83 bits per heavy atom. The van der Waals surface area contributed by atoms with Crippen LogP contribution in [0.4, 0.5) is 13.2 Å². The molecule has 0 saturated heterocycles. The Kier molecular flexibility index (Phi) is 4.06. The van der Waals surface area contributed by atoms with E-state index in [9.17, 15) is 18.0 Å². The molecule has 130 valence electrons. The lowest BCUT2D eigenvalue weighted by molar-refractivity contribution is -0.141. The summed E-state index contributed by atoms with van der Waals surface area (Å²) in [6, 6.07) is -0.271. The molecule has 0 spiro atoms. The number of rotatable bonds is 3. The number of aryl methyl sites for hydroxylation is 3. The first-order chi connectivity index (χ1) is 11.3. The van der Waals surface area contributed by atoms with Crippen molar-refractivity contribution in [2.75, 3.05) is 0 Å². The van der Waals surface area contributed by atoms with Crippen LogP contribution in [-0.4, -0.2) is 36.5 Å². The molecule has 0 bridgehead atoms. The number of halogens is 3. The first-order valence-corrected chi connectivity index (χ1v) is 7.62. The van der Waals surface area contributed by atoms with Crippen molar-refractivity contribution in [1.82, 2.24) is 29.9 Å². The molecule has 1 aliphatic rings. The summed E-state index contributed by atoms with van der Waals surface area (Å²) >= 11 is 0. The number of amides is 1. The quantitative estimate of drug-likeness (QED) is 0.913. The van der Waals surface area contributed by atoms with Gasteiger partial charge in [-0.2, -0.15) is 18.3 Å². The lowest BCUT2D eigenvalue weighted by Gasteiger charge is -2.25. The summed E-state index contributed by atoms with van der Waals surface area (Å²) in [5.74, 6) is 0.881. The Morgan fingerprint density at radius 2 is 2.17 bits per heavy atom. The second-order valence-electron chi connectivity index (χ2n) is 5.77. The summed E-state index contributed by atoms with van der Waals surface area (Å²) in [6.45, 7) is 2.41. The van der Waals surface area contributed by atoms with Crippen LogP contribution >= 0.6 is 0 Å². The van der Waals surface area contributed by atoms with Gasteiger partial charge in [-0.25, -0.2) is 0 Å². The Hall–Kier alpha value is -2.39. The average molecular weight is 342 g/mol. The lowest BCUT2D eigenvalue weighted by atomic mass is 10.1. The number of alkyl halides is 3. The molecule has 1 atom stereocenters. The molecule has 1 amide bonds. The van der Waals surface area contributed by atoms with Crippen LogP contribution in [0, 0.1) is 0 Å². The van der Waals surface area contributed by atoms with Crippen molar-refractivity contribution in [3.63, 3.8) is 0 Å². The number of nitrogens with zero attached hydrogens (tertiary/aromatic N) is 5. The number of carbonyl (C=O) groups excluding carboxylic acids is 1. The molecule has 0 radical (unpaired) electrons. The van der Waals surface area contributed by atoms with Gasteiger partial charge in [-0.1, -0.05) is 6.92 Å². The zero-order chi connectivity index (χ0) is 17.5. The Morgan fingerprint density at radius 1 is 1.42 bits per heavy atom. The SMILES string of the molecule is CCc1nnc2n1C[C@H](NC(=O)c1cn(C)nc1C(F)(F)F)CC2. The summed E-state index contributed by atoms with van der Waals surface area (Å²) in [6.07, 6.45) is -1.65. The van der Waals surface area contributed by atoms with E-state index in [1.807, 2.05) is 11.5 Å². The maximum absolute atomic E-state index is 13.0. The second kappa shape index (κ2) is 5.91. The number of carbonyl (C=O) groups is 1. The molecule has 2 aromatic rings. The molecular weight excluding hydrogens is 325 g/mol. The Labute approximate surface area is 135 Å². The predicted molar refractivity (Wildman–Crippen MR) is 77.2 cm³/mol. The number of nitrogens with one attached hydrogen (secondary N) is 1. The van der Waals surface area contributed by atoms with Gasteiger partial charge in [0.2, 0.25) is 0 Å². The molecule has 0 aliphatic carbocycles. The third-order valence-electron chi connectivity index (χ3n) is 4.02. The van der Waals surface area contributed by atoms with E-state index in [0.29, 0.717) is 25.8 Å². The molecule has 2 aromatic heterocycles. The third kappa shape index (κ3) is 3.00. The van der Waals surface area contributed by atoms with Gasteiger partial charge >= 0.3 is 6.18 Å². The normalized spacial score (nSPS) is 17.6. The van der Waals surface area contributed by atoms with Crippen molar-refractivity contribution in [2.24, 2.45) is 7.05 Å². The van der Waals surface area contributed by atoms with E-state index < -0.39 is 23.3 Å². The van der Waals surface area contributed by atoms with Crippen LogP contribution < -0.4 is 5.32 Å². The van der Waals surface area contributed by atoms with Crippen LogP contribution in [0.2, 0.25) is 0 Å². The minimum Gasteiger partial charge on any atom is -0.347 e. The van der Waals surface area contributed by atoms with Crippen LogP contribution in [-0.2, 0) is 32.6 Å². The number of aromatic nitrogens is 5. The highest BCUT2D eigenvalue weighted by Gasteiger charge is 2.39. The van der Waals surface area contributed by atoms with E-state index >= 15 is 0 Å². The first kappa shape index (κ1) is 16.5. The summed E-state index contributed by atoms with van der Waals surface area (Å²) in [5, 5.41) is 14.2. The number of hydrogen-bond acceptors (Lipinski definition) is 4. The van der Waals surface area contributed by atoms with Gasteiger partial charge in [0.25, 0.3) is 5.91 Å². The molecule has 1 N–H and O–H groups in total. The predicted octanol–water partition coefficient (Wildman–Crippen LogP) is 1.34. The standard InChI is InChI=1S/C14H17F3N6O/c1-3-10-19-20-11-5-4-8(6-23(10)11)18-13(24)9-7-22(2)21-12(9)14(15,16)17/h7-8H,3-6H2,1-2H3,(H,18,24)/t8-/m1/s1. The van der Waals surface area contributed by atoms with Gasteiger partial charge in [0.1, 0.15) is 11.6 Å². The van der Waals surface area contributed by atoms with Gasteiger partial charge in [0.15, 0.2) is 5.69 Å². The van der Waals surface area contributed by atoms with Crippen molar-refractivity contribution in [2.45, 2.75) is 44.9 Å². The highest BCUT2D eigenvalue weighted by atomic mass is 19.4. The number of hydrogen-bond donors (Lipinski definition) is 1. The Bertz CT molecular complexity index is 750. The summed E-state index contributed by atoms with van der Waals surface area (Å²) < 4.78 is 41.8. The van der Waals surface area contributed by atoms with E-state index in [2.05, 4.69) is 20.6 Å². The van der Waals surface area contributed by atoms with Crippen LogP contribution in [0.3, 0.4) is 0 Å². The van der Waals surface area contributed by atoms with E-state index in [4.69, 9.17) is 0 Å². The highest BCUT2D eigenvalue weighted by Crippen LogP contribution is 2.30. The molecule has 3 rings (SSSR count). The van der Waals surface area contributed by atoms with E-state index in [1.54, 1.807) is 0 Å². The fourth-order valence-electron chi connectivity index (χ4n) is 2.89. The van der Waals surface area contributed by atoms with Crippen molar-refractivity contribution in [3.05, 3.63) is 29.1 Å². The van der Waals surface area contributed by atoms with Gasteiger partial charge in [-0.05, 0) is 6.42 Å². The van der Waals surface area contributed by atoms with E-state index in [1.165, 1.54) is 7.05 Å². The molecule has 0 fully saturated rings. The molecule has 3 heterocycles. The molecule has 7 nitrogen and oxygen atoms in total. The fraction of sp³-hybridized carbons (Fsp3) is 0.571. The second-order valence-corrected chi connectivity index (χ2v) is 5.77. The van der Waals surface area contributed by atoms with E-state index in [0.717, 1.165) is 22.5 Å². The molecular formula is C14H17F3N6O. The topological polar surface area (TPSA) is 77.6 Å². The molecule has 24 heavy (non-hydrogen) atoms. The van der Waals surface area contributed by atoms with Gasteiger partial charge in [0, 0.05) is 38.7 Å². The van der Waals surface area contributed by atoms with Gasteiger partial charge < -0.3 is 9.88 Å².